The van der Waals surface area contributed by atoms with E-state index in [0.717, 1.165) is 22.0 Å². The summed E-state index contributed by atoms with van der Waals surface area (Å²) in [5.41, 5.74) is 16.6. The highest BCUT2D eigenvalue weighted by Crippen LogP contribution is 2.37. The lowest BCUT2D eigenvalue weighted by Crippen LogP contribution is -2.36. The number of anilines is 2. The van der Waals surface area contributed by atoms with Crippen LogP contribution < -0.4 is 16.4 Å². The first-order chi connectivity index (χ1) is 15.9. The van der Waals surface area contributed by atoms with Crippen molar-refractivity contribution in [3.63, 3.8) is 0 Å². The molecule has 0 unspecified atom stereocenters. The van der Waals surface area contributed by atoms with Crippen LogP contribution in [0.25, 0.3) is 33.4 Å². The van der Waals surface area contributed by atoms with Gasteiger partial charge >= 0.3 is 0 Å². The van der Waals surface area contributed by atoms with Gasteiger partial charge in [0.05, 0.1) is 34.9 Å². The lowest BCUT2D eigenvalue weighted by molar-refractivity contribution is 0.0996. The minimum Gasteiger partial charge on any atom is -0.396 e. The van der Waals surface area contributed by atoms with Gasteiger partial charge in [-0.2, -0.15) is 5.10 Å². The Morgan fingerprint density at radius 2 is 1.97 bits per heavy atom. The third-order valence-electron chi connectivity index (χ3n) is 6.05. The van der Waals surface area contributed by atoms with E-state index in [1.54, 1.807) is 18.5 Å². The number of benzene rings is 1. The highest BCUT2D eigenvalue weighted by Gasteiger charge is 2.22. The molecule has 1 saturated heterocycles. The summed E-state index contributed by atoms with van der Waals surface area (Å²) in [6.07, 6.45) is 4.42. The van der Waals surface area contributed by atoms with Gasteiger partial charge in [-0.05, 0) is 49.1 Å². The number of primary amides is 1. The summed E-state index contributed by atoms with van der Waals surface area (Å²) < 4.78 is 0. The van der Waals surface area contributed by atoms with Crippen LogP contribution in [0.15, 0.2) is 36.7 Å². The van der Waals surface area contributed by atoms with E-state index in [0.29, 0.717) is 48.8 Å². The zero-order valence-corrected chi connectivity index (χ0v) is 18.1. The van der Waals surface area contributed by atoms with Crippen LogP contribution in [0.2, 0.25) is 0 Å². The molecule has 5 rings (SSSR count). The first kappa shape index (κ1) is 20.8. The number of nitrogens with two attached hydrogens (primary N) is 2. The molecular weight excluding hydrogens is 420 g/mol. The normalized spacial score (nSPS) is 14.7. The molecule has 1 amide bonds. The standard InChI is InChI=1S/C23H24N8O2/c1-12-2-3-16-15(11-27-30-16)19(12)14-10-18(28-21(20(14)24)22(25)33)17-4-7-26-23(29-17)31-8-5-13(32)6-9-31/h2-4,7,10-11,13,32H,5-6,8-9,24H2,1H3,(H2,25,33)(H,27,30). The number of hydrogen-bond donors (Lipinski definition) is 4. The molecule has 6 N–H and O–H groups in total. The van der Waals surface area contributed by atoms with E-state index in [2.05, 4.69) is 20.2 Å². The number of nitrogens with one attached hydrogen (secondary N) is 1. The van der Waals surface area contributed by atoms with Gasteiger partial charge in [-0.15, -0.1) is 0 Å². The minimum absolute atomic E-state index is 0.0105. The average Bonchev–Trinajstić information content (AvgIpc) is 3.29. The molecule has 1 aromatic carbocycles. The third kappa shape index (κ3) is 3.74. The maximum absolute atomic E-state index is 12.2. The fraction of sp³-hybridized carbons (Fsp3) is 0.261. The first-order valence-corrected chi connectivity index (χ1v) is 10.7. The van der Waals surface area contributed by atoms with Crippen LogP contribution in [0.4, 0.5) is 11.6 Å². The molecule has 1 aliphatic heterocycles. The van der Waals surface area contributed by atoms with Gasteiger partial charge in [0.15, 0.2) is 5.69 Å². The monoisotopic (exact) mass is 444 g/mol. The number of hydrogen-bond acceptors (Lipinski definition) is 8. The van der Waals surface area contributed by atoms with Crippen LogP contribution in [0.3, 0.4) is 0 Å². The second-order valence-corrected chi connectivity index (χ2v) is 8.23. The Hall–Kier alpha value is -4.05. The van der Waals surface area contributed by atoms with E-state index in [-0.39, 0.29) is 17.5 Å². The number of fused-ring (bicyclic) bond motifs is 1. The number of aromatic nitrogens is 5. The Morgan fingerprint density at radius 1 is 1.18 bits per heavy atom. The number of carbonyl (C=O) groups is 1. The molecule has 168 valence electrons. The maximum Gasteiger partial charge on any atom is 0.269 e. The predicted octanol–water partition coefficient (Wildman–Crippen LogP) is 2.03. The van der Waals surface area contributed by atoms with Gasteiger partial charge < -0.3 is 21.5 Å². The van der Waals surface area contributed by atoms with Crippen LogP contribution in [-0.4, -0.2) is 55.4 Å². The van der Waals surface area contributed by atoms with Gasteiger partial charge in [0.25, 0.3) is 5.91 Å². The molecule has 1 fully saturated rings. The number of H-pyrrole nitrogens is 1. The van der Waals surface area contributed by atoms with E-state index in [4.69, 9.17) is 16.5 Å². The summed E-state index contributed by atoms with van der Waals surface area (Å²) in [5.74, 6) is -0.166. The minimum atomic E-state index is -0.716. The molecule has 10 nitrogen and oxygen atoms in total. The third-order valence-corrected chi connectivity index (χ3v) is 6.05. The second kappa shape index (κ2) is 8.14. The van der Waals surface area contributed by atoms with Gasteiger partial charge in [0, 0.05) is 30.2 Å². The van der Waals surface area contributed by atoms with Crippen molar-refractivity contribution in [2.24, 2.45) is 5.73 Å². The van der Waals surface area contributed by atoms with Crippen molar-refractivity contribution in [1.29, 1.82) is 0 Å². The summed E-state index contributed by atoms with van der Waals surface area (Å²) in [4.78, 5) is 27.8. The summed E-state index contributed by atoms with van der Waals surface area (Å²) in [6.45, 7) is 3.30. The van der Waals surface area contributed by atoms with Gasteiger partial charge in [0.2, 0.25) is 5.95 Å². The Kier molecular flexibility index (Phi) is 5.14. The average molecular weight is 444 g/mol. The van der Waals surface area contributed by atoms with Crippen LogP contribution in [0.1, 0.15) is 28.9 Å². The maximum atomic E-state index is 12.2. The molecule has 4 aromatic rings. The number of aryl methyl sites for hydroxylation is 1. The lowest BCUT2D eigenvalue weighted by Gasteiger charge is -2.29. The van der Waals surface area contributed by atoms with Gasteiger partial charge in [-0.25, -0.2) is 15.0 Å². The van der Waals surface area contributed by atoms with Crippen molar-refractivity contribution < 1.29 is 9.90 Å². The molecule has 3 aromatic heterocycles. The molecule has 0 aliphatic carbocycles. The zero-order valence-electron chi connectivity index (χ0n) is 18.1. The quantitative estimate of drug-likeness (QED) is 0.372. The zero-order chi connectivity index (χ0) is 23.1. The number of nitrogen functional groups attached to an aromatic ring is 1. The number of aromatic amines is 1. The van der Waals surface area contributed by atoms with Crippen molar-refractivity contribution in [2.75, 3.05) is 23.7 Å². The van der Waals surface area contributed by atoms with E-state index < -0.39 is 5.91 Å². The fourth-order valence-corrected chi connectivity index (χ4v) is 4.27. The lowest BCUT2D eigenvalue weighted by atomic mass is 9.94. The van der Waals surface area contributed by atoms with Crippen molar-refractivity contribution in [1.82, 2.24) is 25.1 Å². The smallest absolute Gasteiger partial charge is 0.269 e. The van der Waals surface area contributed by atoms with E-state index in [1.165, 1.54) is 0 Å². The number of piperidine rings is 1. The Labute approximate surface area is 189 Å². The van der Waals surface area contributed by atoms with Crippen molar-refractivity contribution in [3.05, 3.63) is 47.9 Å². The first-order valence-electron chi connectivity index (χ1n) is 10.7. The number of pyridine rings is 1. The number of nitrogens with zero attached hydrogens (tertiary/aromatic N) is 5. The van der Waals surface area contributed by atoms with Crippen LogP contribution in [-0.2, 0) is 0 Å². The van der Waals surface area contributed by atoms with Crippen LogP contribution in [0.5, 0.6) is 0 Å². The summed E-state index contributed by atoms with van der Waals surface area (Å²) >= 11 is 0. The molecule has 4 heterocycles. The molecule has 0 bridgehead atoms. The molecule has 0 radical (unpaired) electrons. The number of aliphatic hydroxyl groups excluding tert-OH is 1. The fourth-order valence-electron chi connectivity index (χ4n) is 4.27. The highest BCUT2D eigenvalue weighted by molar-refractivity contribution is 6.05. The van der Waals surface area contributed by atoms with E-state index >= 15 is 0 Å². The molecule has 0 spiro atoms. The molecule has 0 saturated carbocycles. The van der Waals surface area contributed by atoms with E-state index in [9.17, 15) is 9.90 Å². The Bertz CT molecular complexity index is 1360. The summed E-state index contributed by atoms with van der Waals surface area (Å²) in [5, 5.41) is 17.8. The largest absolute Gasteiger partial charge is 0.396 e. The predicted molar refractivity (Wildman–Crippen MR) is 125 cm³/mol. The number of carbonyl (C=O) groups excluding carboxylic acids is 1. The van der Waals surface area contributed by atoms with Crippen molar-refractivity contribution in [3.8, 4) is 22.5 Å². The van der Waals surface area contributed by atoms with E-state index in [1.807, 2.05) is 30.0 Å². The Balaban J connectivity index is 1.66. The van der Waals surface area contributed by atoms with Crippen LogP contribution >= 0.6 is 0 Å². The number of amides is 1. The SMILES string of the molecule is Cc1ccc2[nH]ncc2c1-c1cc(-c2ccnc(N3CCC(O)CC3)n2)nc(C(N)=O)c1N. The van der Waals surface area contributed by atoms with Crippen LogP contribution in [0, 0.1) is 6.92 Å². The van der Waals surface area contributed by atoms with Gasteiger partial charge in [0.1, 0.15) is 0 Å². The van der Waals surface area contributed by atoms with Crippen molar-refractivity contribution in [2.45, 2.75) is 25.9 Å². The molecule has 1 aliphatic rings. The molecular formula is C23H24N8O2. The second-order valence-electron chi connectivity index (χ2n) is 8.23. The molecule has 0 atom stereocenters. The van der Waals surface area contributed by atoms with Crippen molar-refractivity contribution >= 4 is 28.4 Å². The summed E-state index contributed by atoms with van der Waals surface area (Å²) in [6, 6.07) is 7.47. The topological polar surface area (TPSA) is 160 Å². The molecule has 33 heavy (non-hydrogen) atoms. The Morgan fingerprint density at radius 3 is 2.73 bits per heavy atom. The van der Waals surface area contributed by atoms with Gasteiger partial charge in [-0.3, -0.25) is 9.89 Å². The highest BCUT2D eigenvalue weighted by atomic mass is 16.3. The number of aliphatic hydroxyl groups is 1. The number of rotatable bonds is 4. The van der Waals surface area contributed by atoms with Gasteiger partial charge in [-0.1, -0.05) is 6.07 Å². The molecule has 10 heteroatoms. The summed E-state index contributed by atoms with van der Waals surface area (Å²) in [7, 11) is 0.